The number of fused-ring (bicyclic) bond motifs is 1. The molecule has 2 aromatic heterocycles. The fourth-order valence-electron chi connectivity index (χ4n) is 0.836. The van der Waals surface area contributed by atoms with E-state index < -0.39 is 0 Å². The molecule has 6 heteroatoms. The van der Waals surface area contributed by atoms with Crippen LogP contribution < -0.4 is 5.56 Å². The first-order chi connectivity index (χ1) is 5.25. The zero-order chi connectivity index (χ0) is 7.84. The van der Waals surface area contributed by atoms with Crippen LogP contribution in [0, 0.1) is 6.92 Å². The van der Waals surface area contributed by atoms with Gasteiger partial charge < -0.3 is 0 Å². The van der Waals surface area contributed by atoms with Crippen LogP contribution in [0.3, 0.4) is 0 Å². The second-order valence-corrected chi connectivity index (χ2v) is 3.38. The molecule has 0 spiro atoms. The molecule has 4 nitrogen and oxygen atoms in total. The summed E-state index contributed by atoms with van der Waals surface area (Å²) in [5, 5.41) is 3.85. The Kier molecular flexibility index (Phi) is 2.44. The van der Waals surface area contributed by atoms with Gasteiger partial charge in [-0.15, -0.1) is 23.7 Å². The number of hydrogen-bond acceptors (Lipinski definition) is 4. The third kappa shape index (κ3) is 1.46. The number of nitrogens with zero attached hydrogens (tertiary/aromatic N) is 3. The highest BCUT2D eigenvalue weighted by Crippen LogP contribution is 2.10. The van der Waals surface area contributed by atoms with E-state index in [1.807, 2.05) is 13.1 Å². The molecule has 0 amide bonds. The van der Waals surface area contributed by atoms with Crippen molar-refractivity contribution in [2.24, 2.45) is 0 Å². The molecular weight excluding hydrogens is 198 g/mol. The van der Waals surface area contributed by atoms with Gasteiger partial charge >= 0.3 is 0 Å². The van der Waals surface area contributed by atoms with Crippen LogP contribution >= 0.6 is 23.7 Å². The van der Waals surface area contributed by atoms with Crippen molar-refractivity contribution in [2.75, 3.05) is 0 Å². The molecule has 2 rings (SSSR count). The minimum absolute atomic E-state index is 0. The summed E-state index contributed by atoms with van der Waals surface area (Å²) < 4.78 is 1.60. The van der Waals surface area contributed by atoms with Crippen molar-refractivity contribution in [1.29, 1.82) is 0 Å². The average molecular weight is 204 g/mol. The third-order valence-electron chi connectivity index (χ3n) is 1.25. The van der Waals surface area contributed by atoms with Crippen molar-refractivity contribution in [3.63, 3.8) is 0 Å². The van der Waals surface area contributed by atoms with Crippen molar-refractivity contribution in [3.05, 3.63) is 27.6 Å². The van der Waals surface area contributed by atoms with Gasteiger partial charge in [0.15, 0.2) is 0 Å². The lowest BCUT2D eigenvalue weighted by Gasteiger charge is -1.84. The van der Waals surface area contributed by atoms with E-state index >= 15 is 0 Å². The Bertz CT molecular complexity index is 449. The lowest BCUT2D eigenvalue weighted by molar-refractivity contribution is 0.896. The molecule has 0 fully saturated rings. The van der Waals surface area contributed by atoms with E-state index in [0.717, 1.165) is 4.88 Å². The number of rotatable bonds is 0. The van der Waals surface area contributed by atoms with Gasteiger partial charge in [-0.2, -0.15) is 10.1 Å². The van der Waals surface area contributed by atoms with E-state index in [0.29, 0.717) is 4.96 Å². The molecule has 2 heterocycles. The van der Waals surface area contributed by atoms with Gasteiger partial charge in [0.1, 0.15) is 6.20 Å². The summed E-state index contributed by atoms with van der Waals surface area (Å²) in [6.45, 7) is 1.95. The number of aromatic nitrogens is 3. The van der Waals surface area contributed by atoms with Crippen LogP contribution in [-0.2, 0) is 0 Å². The van der Waals surface area contributed by atoms with E-state index in [2.05, 4.69) is 10.1 Å². The molecule has 0 aliphatic heterocycles. The monoisotopic (exact) mass is 203 g/mol. The topological polar surface area (TPSA) is 47.3 Å². The van der Waals surface area contributed by atoms with Gasteiger partial charge in [0.05, 0.1) is 0 Å². The molecule has 0 unspecified atom stereocenters. The molecule has 0 aromatic carbocycles. The molecule has 0 aliphatic rings. The van der Waals surface area contributed by atoms with Gasteiger partial charge in [-0.25, -0.2) is 4.52 Å². The molecule has 0 radical (unpaired) electrons. The Labute approximate surface area is 78.3 Å². The standard InChI is InChI=1S/C6H5N3OS.ClH/c1-4-3-9-6(11-4)8-5(10)2-7-9;/h2-3H,1H3;1H. The Morgan fingerprint density at radius 3 is 3.08 bits per heavy atom. The maximum absolute atomic E-state index is 10.7. The van der Waals surface area contributed by atoms with Crippen LogP contribution in [0.15, 0.2) is 17.2 Å². The zero-order valence-corrected chi connectivity index (χ0v) is 7.85. The molecule has 0 saturated heterocycles. The highest BCUT2D eigenvalue weighted by Gasteiger charge is 1.97. The average Bonchev–Trinajstić information content (AvgIpc) is 2.27. The highest BCUT2D eigenvalue weighted by molar-refractivity contribution is 7.16. The largest absolute Gasteiger partial charge is 0.292 e. The van der Waals surface area contributed by atoms with Crippen molar-refractivity contribution in [2.45, 2.75) is 6.92 Å². The Morgan fingerprint density at radius 1 is 1.58 bits per heavy atom. The molecule has 0 atom stereocenters. The van der Waals surface area contributed by atoms with Gasteiger partial charge in [-0.1, -0.05) is 0 Å². The van der Waals surface area contributed by atoms with Crippen LogP contribution in [0.2, 0.25) is 0 Å². The molecular formula is C6H6ClN3OS. The fraction of sp³-hybridized carbons (Fsp3) is 0.167. The lowest BCUT2D eigenvalue weighted by Crippen LogP contribution is -2.07. The van der Waals surface area contributed by atoms with Crippen molar-refractivity contribution >= 4 is 28.7 Å². The van der Waals surface area contributed by atoms with Gasteiger partial charge in [0, 0.05) is 11.1 Å². The van der Waals surface area contributed by atoms with E-state index in [1.54, 1.807) is 4.52 Å². The Hall–Kier alpha value is -0.940. The Morgan fingerprint density at radius 2 is 2.33 bits per heavy atom. The molecule has 64 valence electrons. The maximum atomic E-state index is 10.7. The maximum Gasteiger partial charge on any atom is 0.292 e. The van der Waals surface area contributed by atoms with Crippen LogP contribution in [0.4, 0.5) is 0 Å². The minimum Gasteiger partial charge on any atom is -0.266 e. The number of halogens is 1. The van der Waals surface area contributed by atoms with Crippen molar-refractivity contribution in [3.8, 4) is 0 Å². The van der Waals surface area contributed by atoms with Crippen LogP contribution in [0.25, 0.3) is 4.96 Å². The molecule has 2 aromatic rings. The van der Waals surface area contributed by atoms with Crippen molar-refractivity contribution < 1.29 is 0 Å². The second kappa shape index (κ2) is 3.20. The summed E-state index contributed by atoms with van der Waals surface area (Å²) in [7, 11) is 0. The van der Waals surface area contributed by atoms with Crippen LogP contribution in [-0.4, -0.2) is 14.6 Å². The number of hydrogen-bond donors (Lipinski definition) is 0. The Balaban J connectivity index is 0.000000720. The van der Waals surface area contributed by atoms with Crippen LogP contribution in [0.1, 0.15) is 4.88 Å². The summed E-state index contributed by atoms with van der Waals surface area (Å²) in [6, 6.07) is 0. The number of aryl methyl sites for hydroxylation is 1. The molecule has 0 N–H and O–H groups in total. The normalized spacial score (nSPS) is 9.75. The van der Waals surface area contributed by atoms with Gasteiger partial charge in [0.25, 0.3) is 5.56 Å². The summed E-state index contributed by atoms with van der Waals surface area (Å²) >= 11 is 1.46. The predicted molar refractivity (Wildman–Crippen MR) is 49.1 cm³/mol. The van der Waals surface area contributed by atoms with E-state index in [4.69, 9.17) is 0 Å². The predicted octanol–water partition coefficient (Wildman–Crippen LogP) is 0.881. The van der Waals surface area contributed by atoms with Gasteiger partial charge in [-0.05, 0) is 6.92 Å². The third-order valence-corrected chi connectivity index (χ3v) is 2.14. The summed E-state index contributed by atoms with van der Waals surface area (Å²) in [5.74, 6) is 0. The first-order valence-corrected chi connectivity index (χ1v) is 3.89. The van der Waals surface area contributed by atoms with Gasteiger partial charge in [0.2, 0.25) is 4.96 Å². The smallest absolute Gasteiger partial charge is 0.266 e. The first-order valence-electron chi connectivity index (χ1n) is 3.08. The van der Waals surface area contributed by atoms with Crippen LogP contribution in [0.5, 0.6) is 0 Å². The van der Waals surface area contributed by atoms with Gasteiger partial charge in [-0.3, -0.25) is 4.79 Å². The SMILES string of the molecule is Cc1cn2ncc(=O)nc2s1.Cl. The summed E-state index contributed by atoms with van der Waals surface area (Å²) in [4.78, 5) is 16.2. The summed E-state index contributed by atoms with van der Waals surface area (Å²) in [5.41, 5.74) is -0.285. The number of thiazole rings is 1. The fourth-order valence-corrected chi connectivity index (χ4v) is 1.61. The molecule has 12 heavy (non-hydrogen) atoms. The summed E-state index contributed by atoms with van der Waals surface area (Å²) in [6.07, 6.45) is 3.05. The quantitative estimate of drug-likeness (QED) is 0.639. The second-order valence-electron chi connectivity index (χ2n) is 2.16. The van der Waals surface area contributed by atoms with E-state index in [1.165, 1.54) is 17.5 Å². The lowest BCUT2D eigenvalue weighted by atomic mass is 10.6. The van der Waals surface area contributed by atoms with E-state index in [-0.39, 0.29) is 18.0 Å². The molecule has 0 bridgehead atoms. The van der Waals surface area contributed by atoms with Crippen molar-refractivity contribution in [1.82, 2.24) is 14.6 Å². The molecule has 0 saturated carbocycles. The highest BCUT2D eigenvalue weighted by atomic mass is 35.5. The molecule has 0 aliphatic carbocycles. The first kappa shape index (κ1) is 9.15. The zero-order valence-electron chi connectivity index (χ0n) is 6.22. The van der Waals surface area contributed by atoms with E-state index in [9.17, 15) is 4.79 Å². The minimum atomic E-state index is -0.285.